The number of sulfonamides is 1. The Morgan fingerprint density at radius 3 is 2.86 bits per heavy atom. The Kier molecular flexibility index (Phi) is 5.78. The highest BCUT2D eigenvalue weighted by atomic mass is 35.5. The monoisotopic (exact) mass is 460 g/mol. The van der Waals surface area contributed by atoms with Gasteiger partial charge in [0.2, 0.25) is 5.91 Å². The molecule has 0 radical (unpaired) electrons. The minimum atomic E-state index is -3.75. The van der Waals surface area contributed by atoms with Gasteiger partial charge >= 0.3 is 0 Å². The predicted octanol–water partition coefficient (Wildman–Crippen LogP) is 3.03. The average Bonchev–Trinajstić information content (AvgIpc) is 3.27. The second-order valence-corrected chi connectivity index (χ2v) is 12.0. The number of anilines is 1. The topological polar surface area (TPSA) is 82.6 Å². The molecule has 2 aromatic rings. The number of hydrogen-bond donors (Lipinski definition) is 1. The zero-order valence-electron chi connectivity index (χ0n) is 15.4. The summed E-state index contributed by atoms with van der Waals surface area (Å²) in [6.07, 6.45) is 2.91. The van der Waals surface area contributed by atoms with E-state index in [0.29, 0.717) is 22.4 Å². The number of carbonyl (C=O) groups is 1. The van der Waals surface area contributed by atoms with Gasteiger partial charge in [0.15, 0.2) is 5.13 Å². The number of rotatable bonds is 4. The molecule has 4 rings (SSSR count). The maximum atomic E-state index is 13.0. The number of likely N-dealkylation sites (N-methyl/N-ethyl adjacent to an activating group) is 1. The molecule has 1 unspecified atom stereocenters. The predicted molar refractivity (Wildman–Crippen MR) is 112 cm³/mol. The standard InChI is InChI=1S/C17H21ClN4O3S3/c1-21-9-7-11-13(10-21)26-17(19-11)20-16(23)12-4-2-3-8-22(12)28(24,25)15-6-5-14(18)27-15/h5-6,12H,2-4,7-10H2,1H3,(H,19,20,23). The van der Waals surface area contributed by atoms with Gasteiger partial charge in [-0.3, -0.25) is 4.79 Å². The number of piperidine rings is 1. The van der Waals surface area contributed by atoms with E-state index in [9.17, 15) is 13.2 Å². The summed E-state index contributed by atoms with van der Waals surface area (Å²) in [7, 11) is -1.70. The Labute approximate surface area is 177 Å². The molecule has 0 spiro atoms. The number of halogens is 1. The molecule has 11 heteroatoms. The van der Waals surface area contributed by atoms with Crippen molar-refractivity contribution < 1.29 is 13.2 Å². The largest absolute Gasteiger partial charge is 0.301 e. The van der Waals surface area contributed by atoms with Crippen LogP contribution in [0, 0.1) is 0 Å². The number of thiazole rings is 1. The van der Waals surface area contributed by atoms with Crippen LogP contribution < -0.4 is 5.32 Å². The van der Waals surface area contributed by atoms with Crippen molar-refractivity contribution in [3.63, 3.8) is 0 Å². The molecule has 1 atom stereocenters. The highest BCUT2D eigenvalue weighted by molar-refractivity contribution is 7.91. The van der Waals surface area contributed by atoms with E-state index in [1.807, 2.05) is 0 Å². The quantitative estimate of drug-likeness (QED) is 0.758. The lowest BCUT2D eigenvalue weighted by molar-refractivity contribution is -0.120. The van der Waals surface area contributed by atoms with Gasteiger partial charge in [-0.15, -0.1) is 22.7 Å². The molecule has 0 bridgehead atoms. The molecular weight excluding hydrogens is 440 g/mol. The fourth-order valence-electron chi connectivity index (χ4n) is 3.57. The fraction of sp³-hybridized carbons (Fsp3) is 0.529. The van der Waals surface area contributed by atoms with Gasteiger partial charge in [0.25, 0.3) is 10.0 Å². The minimum Gasteiger partial charge on any atom is -0.301 e. The third-order valence-electron chi connectivity index (χ3n) is 5.02. The number of aromatic nitrogens is 1. The van der Waals surface area contributed by atoms with Crippen molar-refractivity contribution in [2.75, 3.05) is 25.5 Å². The van der Waals surface area contributed by atoms with E-state index < -0.39 is 16.1 Å². The number of fused-ring (bicyclic) bond motifs is 1. The van der Waals surface area contributed by atoms with Crippen LogP contribution in [0.15, 0.2) is 16.3 Å². The summed E-state index contributed by atoms with van der Waals surface area (Å²) in [4.78, 5) is 20.9. The SMILES string of the molecule is CN1CCc2nc(NC(=O)C3CCCCN3S(=O)(=O)c3ccc(Cl)s3)sc2C1. The van der Waals surface area contributed by atoms with Crippen LogP contribution in [0.4, 0.5) is 5.13 Å². The molecule has 1 saturated heterocycles. The maximum absolute atomic E-state index is 13.0. The average molecular weight is 461 g/mol. The first-order valence-corrected chi connectivity index (χ1v) is 12.5. The molecule has 1 amide bonds. The van der Waals surface area contributed by atoms with Crippen molar-refractivity contribution in [3.05, 3.63) is 27.0 Å². The Balaban J connectivity index is 1.54. The molecule has 0 aliphatic carbocycles. The molecule has 2 aliphatic heterocycles. The number of nitrogens with zero attached hydrogens (tertiary/aromatic N) is 3. The van der Waals surface area contributed by atoms with Gasteiger partial charge in [0, 0.05) is 30.9 Å². The molecule has 1 fully saturated rings. The van der Waals surface area contributed by atoms with Gasteiger partial charge in [-0.1, -0.05) is 18.0 Å². The van der Waals surface area contributed by atoms with Gasteiger partial charge < -0.3 is 10.2 Å². The molecular formula is C17H21ClN4O3S3. The molecule has 2 aromatic heterocycles. The lowest BCUT2D eigenvalue weighted by atomic mass is 10.0. The lowest BCUT2D eigenvalue weighted by Crippen LogP contribution is -2.49. The Morgan fingerprint density at radius 2 is 2.11 bits per heavy atom. The second-order valence-electron chi connectivity index (χ2n) is 7.05. The summed E-state index contributed by atoms with van der Waals surface area (Å²) in [6, 6.07) is 2.33. The highest BCUT2D eigenvalue weighted by Crippen LogP contribution is 2.33. The van der Waals surface area contributed by atoms with Crippen molar-refractivity contribution >= 4 is 55.3 Å². The molecule has 4 heterocycles. The van der Waals surface area contributed by atoms with E-state index in [1.54, 1.807) is 6.07 Å². The van der Waals surface area contributed by atoms with Crippen LogP contribution in [-0.4, -0.2) is 54.7 Å². The van der Waals surface area contributed by atoms with Gasteiger partial charge in [0.05, 0.1) is 10.0 Å². The van der Waals surface area contributed by atoms with Crippen molar-refractivity contribution in [2.45, 2.75) is 42.5 Å². The Hall–Kier alpha value is -1.04. The van der Waals surface area contributed by atoms with E-state index in [1.165, 1.54) is 21.7 Å². The second kappa shape index (κ2) is 8.00. The summed E-state index contributed by atoms with van der Waals surface area (Å²) in [5.41, 5.74) is 1.03. The number of amides is 1. The first-order valence-electron chi connectivity index (χ1n) is 9.10. The summed E-state index contributed by atoms with van der Waals surface area (Å²) in [6.45, 7) is 2.10. The van der Waals surface area contributed by atoms with Crippen LogP contribution in [0.5, 0.6) is 0 Å². The van der Waals surface area contributed by atoms with E-state index in [0.717, 1.165) is 54.3 Å². The zero-order valence-corrected chi connectivity index (χ0v) is 18.6. The molecule has 0 aromatic carbocycles. The van der Waals surface area contributed by atoms with E-state index in [2.05, 4.69) is 22.2 Å². The molecule has 152 valence electrons. The summed E-state index contributed by atoms with van der Waals surface area (Å²) >= 11 is 8.40. The molecule has 7 nitrogen and oxygen atoms in total. The first kappa shape index (κ1) is 20.2. The number of hydrogen-bond acceptors (Lipinski definition) is 7. The normalized spacial score (nSPS) is 21.4. The van der Waals surface area contributed by atoms with Crippen molar-refractivity contribution in [3.8, 4) is 0 Å². The van der Waals surface area contributed by atoms with E-state index >= 15 is 0 Å². The van der Waals surface area contributed by atoms with Crippen molar-refractivity contribution in [2.24, 2.45) is 0 Å². The molecule has 28 heavy (non-hydrogen) atoms. The van der Waals surface area contributed by atoms with Gasteiger partial charge in [-0.25, -0.2) is 13.4 Å². The van der Waals surface area contributed by atoms with Gasteiger partial charge in [0.1, 0.15) is 10.3 Å². The van der Waals surface area contributed by atoms with E-state index in [4.69, 9.17) is 11.6 Å². The number of thiophene rings is 1. The van der Waals surface area contributed by atoms with Gasteiger partial charge in [-0.05, 0) is 32.0 Å². The van der Waals surface area contributed by atoms with Crippen LogP contribution in [0.2, 0.25) is 4.34 Å². The summed E-state index contributed by atoms with van der Waals surface area (Å²) in [5, 5.41) is 3.41. The zero-order chi connectivity index (χ0) is 19.9. The van der Waals surface area contributed by atoms with Crippen LogP contribution >= 0.6 is 34.3 Å². The Morgan fingerprint density at radius 1 is 1.29 bits per heavy atom. The lowest BCUT2D eigenvalue weighted by Gasteiger charge is -2.32. The van der Waals surface area contributed by atoms with Crippen LogP contribution in [0.3, 0.4) is 0 Å². The highest BCUT2D eigenvalue weighted by Gasteiger charge is 2.38. The third-order valence-corrected chi connectivity index (χ3v) is 9.62. The fourth-order valence-corrected chi connectivity index (χ4v) is 7.93. The molecule has 2 aliphatic rings. The number of nitrogens with one attached hydrogen (secondary N) is 1. The van der Waals surface area contributed by atoms with Crippen molar-refractivity contribution in [1.29, 1.82) is 0 Å². The van der Waals surface area contributed by atoms with Crippen LogP contribution in [0.25, 0.3) is 0 Å². The van der Waals surface area contributed by atoms with Crippen molar-refractivity contribution in [1.82, 2.24) is 14.2 Å². The Bertz CT molecular complexity index is 988. The third kappa shape index (κ3) is 3.99. The first-order chi connectivity index (χ1) is 13.3. The number of carbonyl (C=O) groups excluding carboxylic acids is 1. The minimum absolute atomic E-state index is 0.171. The summed E-state index contributed by atoms with van der Waals surface area (Å²) < 4.78 is 28.0. The maximum Gasteiger partial charge on any atom is 0.253 e. The van der Waals surface area contributed by atoms with Crippen LogP contribution in [-0.2, 0) is 27.8 Å². The van der Waals surface area contributed by atoms with Gasteiger partial charge in [-0.2, -0.15) is 4.31 Å². The van der Waals surface area contributed by atoms with Crippen LogP contribution in [0.1, 0.15) is 29.8 Å². The van der Waals surface area contributed by atoms with E-state index in [-0.39, 0.29) is 10.1 Å². The molecule has 1 N–H and O–H groups in total. The molecule has 0 saturated carbocycles. The summed E-state index contributed by atoms with van der Waals surface area (Å²) in [5.74, 6) is -0.314. The smallest absolute Gasteiger partial charge is 0.253 e.